The van der Waals surface area contributed by atoms with E-state index >= 15 is 0 Å². The minimum absolute atomic E-state index is 0.595. The third-order valence-corrected chi connectivity index (χ3v) is 3.97. The van der Waals surface area contributed by atoms with Crippen molar-refractivity contribution in [3.8, 4) is 0 Å². The molecule has 1 aliphatic heterocycles. The summed E-state index contributed by atoms with van der Waals surface area (Å²) in [5.74, 6) is 0.954. The summed E-state index contributed by atoms with van der Waals surface area (Å²) in [6.45, 7) is 9.47. The van der Waals surface area contributed by atoms with E-state index in [1.807, 2.05) is 6.33 Å². The molecular formula is C15H23N3O. The van der Waals surface area contributed by atoms with Crippen LogP contribution in [-0.4, -0.2) is 34.1 Å². The number of aryl methyl sites for hydroxylation is 1. The normalized spacial score (nSPS) is 20.0. The van der Waals surface area contributed by atoms with Crippen molar-refractivity contribution in [2.75, 3.05) is 19.7 Å². The zero-order chi connectivity index (χ0) is 13.1. The maximum Gasteiger partial charge on any atom is 0.0953 e. The number of aromatic nitrogens is 2. The Hall–Kier alpha value is -1.13. The predicted molar refractivity (Wildman–Crippen MR) is 74.7 cm³/mol. The summed E-state index contributed by atoms with van der Waals surface area (Å²) in [4.78, 5) is 7.11. The van der Waals surface area contributed by atoms with E-state index in [1.54, 1.807) is 6.08 Å². The number of hydrogen-bond donors (Lipinski definition) is 0. The third kappa shape index (κ3) is 3.25. The summed E-state index contributed by atoms with van der Waals surface area (Å²) in [5.41, 5.74) is 2.45. The highest BCUT2D eigenvalue weighted by molar-refractivity contribution is 5.13. The molecule has 0 radical (unpaired) electrons. The van der Waals surface area contributed by atoms with Crippen molar-refractivity contribution < 1.29 is 4.74 Å². The van der Waals surface area contributed by atoms with Crippen molar-refractivity contribution in [2.24, 2.45) is 5.92 Å². The summed E-state index contributed by atoms with van der Waals surface area (Å²) in [7, 11) is 0. The van der Waals surface area contributed by atoms with Gasteiger partial charge in [-0.05, 0) is 25.2 Å². The van der Waals surface area contributed by atoms with Crippen LogP contribution in [0.5, 0.6) is 0 Å². The minimum Gasteiger partial charge on any atom is -0.371 e. The van der Waals surface area contributed by atoms with Gasteiger partial charge in [0.2, 0.25) is 0 Å². The molecule has 3 rings (SSSR count). The molecule has 0 atom stereocenters. The van der Waals surface area contributed by atoms with Gasteiger partial charge in [-0.1, -0.05) is 6.08 Å². The predicted octanol–water partition coefficient (Wildman–Crippen LogP) is 2.20. The van der Waals surface area contributed by atoms with E-state index in [9.17, 15) is 0 Å². The van der Waals surface area contributed by atoms with Crippen molar-refractivity contribution in [1.82, 2.24) is 14.5 Å². The zero-order valence-electron chi connectivity index (χ0n) is 11.6. The second-order valence-electron chi connectivity index (χ2n) is 5.67. The standard InChI is InChI=1S/C15H23N3O/c1-2-8-19-11-14-15-10-17(9-13-4-5-13)6-3-7-18(15)12-16-14/h2,12-13H,1,3-11H2. The van der Waals surface area contributed by atoms with E-state index in [-0.39, 0.29) is 0 Å². The zero-order valence-corrected chi connectivity index (χ0v) is 11.6. The molecule has 0 bridgehead atoms. The number of hydrogen-bond acceptors (Lipinski definition) is 3. The third-order valence-electron chi connectivity index (χ3n) is 3.97. The Morgan fingerprint density at radius 1 is 1.42 bits per heavy atom. The van der Waals surface area contributed by atoms with Gasteiger partial charge in [-0.2, -0.15) is 0 Å². The highest BCUT2D eigenvalue weighted by Gasteiger charge is 2.26. The second-order valence-corrected chi connectivity index (χ2v) is 5.67. The van der Waals surface area contributed by atoms with Crippen LogP contribution in [0.1, 0.15) is 30.7 Å². The lowest BCUT2D eigenvalue weighted by atomic mass is 10.3. The molecule has 1 aromatic heterocycles. The molecule has 0 unspecified atom stereocenters. The van der Waals surface area contributed by atoms with Gasteiger partial charge in [-0.25, -0.2) is 4.98 Å². The Bertz CT molecular complexity index is 437. The topological polar surface area (TPSA) is 30.3 Å². The summed E-state index contributed by atoms with van der Waals surface area (Å²) < 4.78 is 7.86. The van der Waals surface area contributed by atoms with Crippen LogP contribution in [-0.2, 0) is 24.4 Å². The smallest absolute Gasteiger partial charge is 0.0953 e. The molecule has 2 aliphatic rings. The summed E-state index contributed by atoms with van der Waals surface area (Å²) in [6.07, 6.45) is 7.83. The maximum atomic E-state index is 5.55. The minimum atomic E-state index is 0.595. The average Bonchev–Trinajstić information content (AvgIpc) is 3.18. The molecular weight excluding hydrogens is 238 g/mol. The number of imidazole rings is 1. The van der Waals surface area contributed by atoms with E-state index in [0.717, 1.165) is 24.7 Å². The fraction of sp³-hybridized carbons (Fsp3) is 0.667. The lowest BCUT2D eigenvalue weighted by Crippen LogP contribution is -2.26. The van der Waals surface area contributed by atoms with Crippen LogP contribution < -0.4 is 0 Å². The Labute approximate surface area is 115 Å². The Balaban J connectivity index is 1.67. The molecule has 1 aliphatic carbocycles. The first-order chi connectivity index (χ1) is 9.36. The largest absolute Gasteiger partial charge is 0.371 e. The SMILES string of the molecule is C=CCOCc1ncn2c1CN(CC1CC1)CCC2. The van der Waals surface area contributed by atoms with Crippen LogP contribution in [0.2, 0.25) is 0 Å². The number of fused-ring (bicyclic) bond motifs is 1. The highest BCUT2D eigenvalue weighted by Crippen LogP contribution is 2.31. The molecule has 0 spiro atoms. The lowest BCUT2D eigenvalue weighted by Gasteiger charge is -2.19. The van der Waals surface area contributed by atoms with E-state index < -0.39 is 0 Å². The van der Waals surface area contributed by atoms with Crippen LogP contribution in [0.25, 0.3) is 0 Å². The molecule has 1 saturated carbocycles. The van der Waals surface area contributed by atoms with Crippen molar-refractivity contribution in [2.45, 2.75) is 39.0 Å². The van der Waals surface area contributed by atoms with Gasteiger partial charge in [0.25, 0.3) is 0 Å². The van der Waals surface area contributed by atoms with E-state index in [1.165, 1.54) is 38.0 Å². The molecule has 19 heavy (non-hydrogen) atoms. The second kappa shape index (κ2) is 5.88. The molecule has 0 N–H and O–H groups in total. The monoisotopic (exact) mass is 261 g/mol. The van der Waals surface area contributed by atoms with E-state index in [0.29, 0.717) is 13.2 Å². The van der Waals surface area contributed by atoms with Crippen molar-refractivity contribution >= 4 is 0 Å². The van der Waals surface area contributed by atoms with Gasteiger partial charge in [-0.3, -0.25) is 4.90 Å². The van der Waals surface area contributed by atoms with Crippen LogP contribution in [0.15, 0.2) is 19.0 Å². The molecule has 0 aromatic carbocycles. The quantitative estimate of drug-likeness (QED) is 0.581. The number of rotatable bonds is 6. The molecule has 2 heterocycles. The number of ether oxygens (including phenoxy) is 1. The average molecular weight is 261 g/mol. The summed E-state index contributed by atoms with van der Waals surface area (Å²) >= 11 is 0. The first-order valence-corrected chi connectivity index (χ1v) is 7.30. The summed E-state index contributed by atoms with van der Waals surface area (Å²) in [6, 6.07) is 0. The number of nitrogens with zero attached hydrogens (tertiary/aromatic N) is 3. The first-order valence-electron chi connectivity index (χ1n) is 7.30. The molecule has 0 amide bonds. The van der Waals surface area contributed by atoms with Crippen molar-refractivity contribution in [3.05, 3.63) is 30.4 Å². The van der Waals surface area contributed by atoms with E-state index in [2.05, 4.69) is 21.0 Å². The molecule has 1 aromatic rings. The van der Waals surface area contributed by atoms with Crippen molar-refractivity contribution in [1.29, 1.82) is 0 Å². The molecule has 104 valence electrons. The van der Waals surface area contributed by atoms with E-state index in [4.69, 9.17) is 4.74 Å². The molecule has 0 saturated heterocycles. The van der Waals surface area contributed by atoms with Crippen LogP contribution >= 0.6 is 0 Å². The first kappa shape index (κ1) is 12.9. The lowest BCUT2D eigenvalue weighted by molar-refractivity contribution is 0.144. The van der Waals surface area contributed by atoms with Gasteiger partial charge >= 0.3 is 0 Å². The molecule has 1 fully saturated rings. The van der Waals surface area contributed by atoms with Gasteiger partial charge in [0.05, 0.1) is 30.9 Å². The fourth-order valence-electron chi connectivity index (χ4n) is 2.76. The highest BCUT2D eigenvalue weighted by atomic mass is 16.5. The summed E-state index contributed by atoms with van der Waals surface area (Å²) in [5, 5.41) is 0. The fourth-order valence-corrected chi connectivity index (χ4v) is 2.76. The van der Waals surface area contributed by atoms with Crippen LogP contribution in [0.4, 0.5) is 0 Å². The Kier molecular flexibility index (Phi) is 3.99. The van der Waals surface area contributed by atoms with Gasteiger partial charge in [0, 0.05) is 26.2 Å². The van der Waals surface area contributed by atoms with Gasteiger partial charge in [0.15, 0.2) is 0 Å². The molecule has 4 nitrogen and oxygen atoms in total. The van der Waals surface area contributed by atoms with Crippen LogP contribution in [0, 0.1) is 5.92 Å². The molecule has 4 heteroatoms. The van der Waals surface area contributed by atoms with Crippen LogP contribution in [0.3, 0.4) is 0 Å². The Morgan fingerprint density at radius 3 is 3.11 bits per heavy atom. The van der Waals surface area contributed by atoms with Gasteiger partial charge in [-0.15, -0.1) is 6.58 Å². The van der Waals surface area contributed by atoms with Gasteiger partial charge < -0.3 is 9.30 Å². The van der Waals surface area contributed by atoms with Gasteiger partial charge in [0.1, 0.15) is 0 Å². The Morgan fingerprint density at radius 2 is 2.32 bits per heavy atom. The maximum absolute atomic E-state index is 5.55. The van der Waals surface area contributed by atoms with Crippen molar-refractivity contribution in [3.63, 3.8) is 0 Å².